The minimum absolute atomic E-state index is 0.0104. The molecule has 0 amide bonds. The molecule has 0 aromatic rings. The van der Waals surface area contributed by atoms with Gasteiger partial charge in [0.2, 0.25) is 0 Å². The van der Waals surface area contributed by atoms with E-state index >= 15 is 0 Å². The van der Waals surface area contributed by atoms with E-state index in [1.807, 2.05) is 0 Å². The van der Waals surface area contributed by atoms with Crippen LogP contribution in [0.4, 0.5) is 0 Å². The molecule has 4 nitrogen and oxygen atoms in total. The highest BCUT2D eigenvalue weighted by Gasteiger charge is 2.36. The number of carbonyl (C=O) groups is 2. The van der Waals surface area contributed by atoms with Crippen molar-refractivity contribution in [2.75, 3.05) is 0 Å². The Balaban J connectivity index is 2.63. The van der Waals surface area contributed by atoms with Crippen LogP contribution in [0, 0.1) is 5.92 Å². The Morgan fingerprint density at radius 2 is 2.30 bits per heavy atom. The summed E-state index contributed by atoms with van der Waals surface area (Å²) in [4.78, 5) is 21.0. The van der Waals surface area contributed by atoms with Crippen molar-refractivity contribution >= 4 is 11.9 Å². The van der Waals surface area contributed by atoms with Gasteiger partial charge in [-0.1, -0.05) is 0 Å². The molecule has 1 N–H and O–H groups in total. The third-order valence-electron chi connectivity index (χ3n) is 1.49. The fourth-order valence-corrected chi connectivity index (χ4v) is 0.860. The Bertz CT molecular complexity index is 173. The van der Waals surface area contributed by atoms with Gasteiger partial charge in [-0.15, -0.1) is 0 Å². The van der Waals surface area contributed by atoms with Crippen molar-refractivity contribution in [2.45, 2.75) is 19.4 Å². The number of hydrogen-bond donors (Lipinski definition) is 1. The van der Waals surface area contributed by atoms with E-state index in [2.05, 4.69) is 4.74 Å². The molecule has 1 heterocycles. The number of rotatable bonds is 1. The van der Waals surface area contributed by atoms with Crippen molar-refractivity contribution in [1.29, 1.82) is 0 Å². The number of hydrogen-bond acceptors (Lipinski definition) is 4. The van der Waals surface area contributed by atoms with Crippen LogP contribution in [0.2, 0.25) is 0 Å². The van der Waals surface area contributed by atoms with Gasteiger partial charge in [0.05, 0.1) is 18.4 Å². The Kier molecular flexibility index (Phi) is 1.72. The van der Waals surface area contributed by atoms with Gasteiger partial charge in [0, 0.05) is 0 Å². The van der Waals surface area contributed by atoms with Gasteiger partial charge in [-0.2, -0.15) is 0 Å². The second-order valence-corrected chi connectivity index (χ2v) is 2.34. The van der Waals surface area contributed by atoms with Gasteiger partial charge < -0.3 is 9.84 Å². The topological polar surface area (TPSA) is 63.6 Å². The second-order valence-electron chi connectivity index (χ2n) is 2.34. The minimum Gasteiger partial charge on any atom is -0.393 e. The maximum atomic E-state index is 10.6. The number of cyclic esters (lactones) is 2. The number of ether oxygens (including phenoxy) is 1. The van der Waals surface area contributed by atoms with Crippen LogP contribution in [0.5, 0.6) is 0 Å². The maximum absolute atomic E-state index is 10.6. The largest absolute Gasteiger partial charge is 0.393 e. The zero-order chi connectivity index (χ0) is 7.72. The predicted molar refractivity (Wildman–Crippen MR) is 30.9 cm³/mol. The standard InChI is InChI=1S/C6H8O4/c1-3(7)4-2-5(8)10-6(4)9/h3-4,7H,2H2,1H3. The van der Waals surface area contributed by atoms with Crippen LogP contribution in [0.15, 0.2) is 0 Å². The molecule has 1 rings (SSSR count). The molecule has 1 fully saturated rings. The molecule has 2 unspecified atom stereocenters. The summed E-state index contributed by atoms with van der Waals surface area (Å²) in [5.74, 6) is -1.80. The Morgan fingerprint density at radius 3 is 2.50 bits per heavy atom. The number of esters is 2. The van der Waals surface area contributed by atoms with E-state index in [1.54, 1.807) is 0 Å². The van der Waals surface area contributed by atoms with E-state index in [1.165, 1.54) is 6.92 Å². The van der Waals surface area contributed by atoms with E-state index in [4.69, 9.17) is 5.11 Å². The normalized spacial score (nSPS) is 28.4. The third-order valence-corrected chi connectivity index (χ3v) is 1.49. The quantitative estimate of drug-likeness (QED) is 0.396. The summed E-state index contributed by atoms with van der Waals surface area (Å²) in [5, 5.41) is 8.89. The molecule has 1 aliphatic rings. The van der Waals surface area contributed by atoms with E-state index in [-0.39, 0.29) is 6.42 Å². The molecule has 4 heteroatoms. The molecule has 56 valence electrons. The van der Waals surface area contributed by atoms with Gasteiger partial charge in [-0.3, -0.25) is 9.59 Å². The summed E-state index contributed by atoms with van der Waals surface area (Å²) in [6.45, 7) is 1.46. The zero-order valence-electron chi connectivity index (χ0n) is 5.53. The maximum Gasteiger partial charge on any atom is 0.319 e. The molecule has 0 bridgehead atoms. The van der Waals surface area contributed by atoms with Gasteiger partial charge in [0.25, 0.3) is 0 Å². The highest BCUT2D eigenvalue weighted by molar-refractivity contribution is 5.94. The SMILES string of the molecule is CC(O)C1CC(=O)OC1=O. The summed E-state index contributed by atoms with van der Waals surface area (Å²) < 4.78 is 4.20. The fourth-order valence-electron chi connectivity index (χ4n) is 0.860. The van der Waals surface area contributed by atoms with Gasteiger partial charge in [-0.25, -0.2) is 0 Å². The van der Waals surface area contributed by atoms with Crippen LogP contribution in [0.3, 0.4) is 0 Å². The average Bonchev–Trinajstić information content (AvgIpc) is 2.10. The predicted octanol–water partition coefficient (Wildman–Crippen LogP) is -0.543. The minimum atomic E-state index is -0.793. The molecular formula is C6H8O4. The first kappa shape index (κ1) is 7.21. The first-order chi connectivity index (χ1) is 4.61. The van der Waals surface area contributed by atoms with Gasteiger partial charge in [-0.05, 0) is 6.92 Å². The molecule has 1 saturated heterocycles. The van der Waals surface area contributed by atoms with Crippen LogP contribution in [-0.2, 0) is 14.3 Å². The van der Waals surface area contributed by atoms with Crippen molar-refractivity contribution in [3.8, 4) is 0 Å². The smallest absolute Gasteiger partial charge is 0.319 e. The number of aliphatic hydroxyl groups is 1. The Hall–Kier alpha value is -0.900. The highest BCUT2D eigenvalue weighted by atomic mass is 16.6. The molecule has 0 aliphatic carbocycles. The van der Waals surface area contributed by atoms with Gasteiger partial charge >= 0.3 is 11.9 Å². The van der Waals surface area contributed by atoms with Gasteiger partial charge in [0.1, 0.15) is 0 Å². The molecule has 1 aliphatic heterocycles. The number of aliphatic hydroxyl groups excluding tert-OH is 1. The van der Waals surface area contributed by atoms with Crippen LogP contribution in [-0.4, -0.2) is 23.1 Å². The first-order valence-electron chi connectivity index (χ1n) is 3.04. The van der Waals surface area contributed by atoms with Gasteiger partial charge in [0.15, 0.2) is 0 Å². The van der Waals surface area contributed by atoms with Crippen LogP contribution < -0.4 is 0 Å². The number of carbonyl (C=O) groups excluding carboxylic acids is 2. The summed E-state index contributed by atoms with van der Waals surface area (Å²) in [7, 11) is 0. The van der Waals surface area contributed by atoms with Crippen molar-refractivity contribution in [3.63, 3.8) is 0 Å². The third kappa shape index (κ3) is 1.16. The lowest BCUT2D eigenvalue weighted by molar-refractivity contribution is -0.153. The molecule has 0 radical (unpaired) electrons. The second kappa shape index (κ2) is 2.38. The Morgan fingerprint density at radius 1 is 1.70 bits per heavy atom. The van der Waals surface area contributed by atoms with E-state index in [0.29, 0.717) is 0 Å². The molecule has 0 saturated carbocycles. The molecular weight excluding hydrogens is 136 g/mol. The summed E-state index contributed by atoms with van der Waals surface area (Å²) >= 11 is 0. The monoisotopic (exact) mass is 144 g/mol. The average molecular weight is 144 g/mol. The van der Waals surface area contributed by atoms with Crippen molar-refractivity contribution in [1.82, 2.24) is 0 Å². The lowest BCUT2D eigenvalue weighted by Crippen LogP contribution is -2.20. The van der Waals surface area contributed by atoms with E-state index in [0.717, 1.165) is 0 Å². The van der Waals surface area contributed by atoms with Crippen molar-refractivity contribution in [3.05, 3.63) is 0 Å². The van der Waals surface area contributed by atoms with Crippen LogP contribution in [0.1, 0.15) is 13.3 Å². The molecule has 2 atom stereocenters. The molecule has 0 spiro atoms. The molecule has 10 heavy (non-hydrogen) atoms. The zero-order valence-corrected chi connectivity index (χ0v) is 5.53. The summed E-state index contributed by atoms with van der Waals surface area (Å²) in [6, 6.07) is 0. The van der Waals surface area contributed by atoms with Crippen molar-refractivity contribution in [2.24, 2.45) is 5.92 Å². The molecule has 0 aromatic heterocycles. The van der Waals surface area contributed by atoms with Crippen LogP contribution >= 0.6 is 0 Å². The Labute approximate surface area is 57.8 Å². The van der Waals surface area contributed by atoms with E-state index in [9.17, 15) is 9.59 Å². The fraction of sp³-hybridized carbons (Fsp3) is 0.667. The van der Waals surface area contributed by atoms with Crippen LogP contribution in [0.25, 0.3) is 0 Å². The lowest BCUT2D eigenvalue weighted by atomic mass is 10.0. The summed E-state index contributed by atoms with van der Waals surface area (Å²) in [6.07, 6.45) is -0.782. The highest BCUT2D eigenvalue weighted by Crippen LogP contribution is 2.18. The summed E-state index contributed by atoms with van der Waals surface area (Å²) in [5.41, 5.74) is 0. The lowest BCUT2D eigenvalue weighted by Gasteiger charge is -2.05. The van der Waals surface area contributed by atoms with E-state index < -0.39 is 24.0 Å². The molecule has 0 aromatic carbocycles. The first-order valence-corrected chi connectivity index (χ1v) is 3.04. The van der Waals surface area contributed by atoms with Crippen molar-refractivity contribution < 1.29 is 19.4 Å².